The van der Waals surface area contributed by atoms with Gasteiger partial charge in [0.1, 0.15) is 6.04 Å². The van der Waals surface area contributed by atoms with E-state index in [1.807, 2.05) is 36.4 Å². The molecular formula is C18H15N5O3. The maximum atomic E-state index is 12.1. The molecule has 1 atom stereocenters. The summed E-state index contributed by atoms with van der Waals surface area (Å²) < 4.78 is 5.15. The Morgan fingerprint density at radius 3 is 2.77 bits per heavy atom. The smallest absolute Gasteiger partial charge is 0.319 e. The van der Waals surface area contributed by atoms with Crippen LogP contribution in [0.1, 0.15) is 17.5 Å². The average Bonchev–Trinajstić information content (AvgIpc) is 3.17. The first-order valence-electron chi connectivity index (χ1n) is 7.77. The van der Waals surface area contributed by atoms with Crippen LogP contribution in [-0.2, 0) is 0 Å². The summed E-state index contributed by atoms with van der Waals surface area (Å²) >= 11 is 0. The van der Waals surface area contributed by atoms with Crippen LogP contribution >= 0.6 is 0 Å². The maximum absolute atomic E-state index is 12.1. The van der Waals surface area contributed by atoms with E-state index in [1.165, 1.54) is 6.07 Å². The van der Waals surface area contributed by atoms with Crippen LogP contribution in [0.15, 0.2) is 59.1 Å². The molecule has 1 aromatic heterocycles. The number of benzene rings is 2. The number of urea groups is 1. The van der Waals surface area contributed by atoms with Crippen molar-refractivity contribution in [1.29, 1.82) is 5.26 Å². The summed E-state index contributed by atoms with van der Waals surface area (Å²) in [5.74, 6) is 0.454. The Labute approximate surface area is 149 Å². The largest absolute Gasteiger partial charge is 0.394 e. The zero-order valence-electron chi connectivity index (χ0n) is 13.6. The van der Waals surface area contributed by atoms with Crippen LogP contribution in [0.3, 0.4) is 0 Å². The number of amides is 2. The summed E-state index contributed by atoms with van der Waals surface area (Å²) in [4.78, 5) is 16.3. The molecule has 1 unspecified atom stereocenters. The predicted octanol–water partition coefficient (Wildman–Crippen LogP) is 2.46. The van der Waals surface area contributed by atoms with Gasteiger partial charge in [0.15, 0.2) is 0 Å². The van der Waals surface area contributed by atoms with Gasteiger partial charge in [0, 0.05) is 11.3 Å². The van der Waals surface area contributed by atoms with E-state index in [0.717, 1.165) is 5.56 Å². The van der Waals surface area contributed by atoms with Gasteiger partial charge in [-0.3, -0.25) is 0 Å². The molecule has 0 aliphatic rings. The number of nitrogens with one attached hydrogen (secondary N) is 2. The van der Waals surface area contributed by atoms with Crippen LogP contribution < -0.4 is 10.6 Å². The van der Waals surface area contributed by atoms with Crippen molar-refractivity contribution in [2.24, 2.45) is 0 Å². The molecule has 0 bridgehead atoms. The number of carbonyl (C=O) groups excluding carboxylic acids is 1. The van der Waals surface area contributed by atoms with E-state index >= 15 is 0 Å². The molecule has 0 saturated heterocycles. The molecule has 0 aliphatic heterocycles. The first-order chi connectivity index (χ1) is 12.7. The number of carbonyl (C=O) groups is 1. The highest BCUT2D eigenvalue weighted by Crippen LogP contribution is 2.18. The topological polar surface area (TPSA) is 124 Å². The van der Waals surface area contributed by atoms with Crippen molar-refractivity contribution in [2.45, 2.75) is 6.04 Å². The lowest BCUT2D eigenvalue weighted by atomic mass is 10.2. The van der Waals surface area contributed by atoms with Crippen molar-refractivity contribution in [3.8, 4) is 17.5 Å². The highest BCUT2D eigenvalue weighted by Gasteiger charge is 2.21. The number of aliphatic hydroxyl groups is 1. The molecular weight excluding hydrogens is 334 g/mol. The highest BCUT2D eigenvalue weighted by atomic mass is 16.5. The summed E-state index contributed by atoms with van der Waals surface area (Å²) in [6, 6.07) is 16.2. The quantitative estimate of drug-likeness (QED) is 0.650. The van der Waals surface area contributed by atoms with Gasteiger partial charge in [0.25, 0.3) is 5.89 Å². The maximum Gasteiger partial charge on any atom is 0.319 e. The molecule has 0 radical (unpaired) electrons. The molecule has 2 amide bonds. The molecule has 0 saturated carbocycles. The molecule has 0 spiro atoms. The third-order valence-corrected chi connectivity index (χ3v) is 3.51. The van der Waals surface area contributed by atoms with E-state index in [9.17, 15) is 9.90 Å². The number of anilines is 1. The second-order valence-electron chi connectivity index (χ2n) is 5.35. The zero-order chi connectivity index (χ0) is 18.4. The summed E-state index contributed by atoms with van der Waals surface area (Å²) in [6.45, 7) is -0.415. The lowest BCUT2D eigenvalue weighted by Crippen LogP contribution is -2.34. The van der Waals surface area contributed by atoms with Crippen molar-refractivity contribution in [3.05, 3.63) is 66.1 Å². The molecule has 1 heterocycles. The Hall–Kier alpha value is -3.70. The van der Waals surface area contributed by atoms with Crippen LogP contribution in [0.5, 0.6) is 0 Å². The van der Waals surface area contributed by atoms with E-state index < -0.39 is 18.7 Å². The first kappa shape index (κ1) is 17.1. The summed E-state index contributed by atoms with van der Waals surface area (Å²) in [5, 5.41) is 27.4. The van der Waals surface area contributed by atoms with E-state index in [0.29, 0.717) is 17.1 Å². The van der Waals surface area contributed by atoms with E-state index in [4.69, 9.17) is 9.78 Å². The summed E-state index contributed by atoms with van der Waals surface area (Å²) in [5.41, 5.74) is 1.64. The monoisotopic (exact) mass is 349 g/mol. The van der Waals surface area contributed by atoms with Gasteiger partial charge in [-0.05, 0) is 18.2 Å². The normalized spacial score (nSPS) is 11.4. The average molecular weight is 349 g/mol. The number of hydrogen-bond acceptors (Lipinski definition) is 6. The predicted molar refractivity (Wildman–Crippen MR) is 92.9 cm³/mol. The van der Waals surface area contributed by atoms with Gasteiger partial charge in [-0.1, -0.05) is 41.6 Å². The number of aliphatic hydroxyl groups excluding tert-OH is 1. The third-order valence-electron chi connectivity index (χ3n) is 3.51. The van der Waals surface area contributed by atoms with Crippen molar-refractivity contribution in [1.82, 2.24) is 15.5 Å². The van der Waals surface area contributed by atoms with Gasteiger partial charge in [-0.25, -0.2) is 4.79 Å². The number of nitriles is 1. The van der Waals surface area contributed by atoms with Gasteiger partial charge < -0.3 is 20.3 Å². The Kier molecular flexibility index (Phi) is 5.22. The van der Waals surface area contributed by atoms with Gasteiger partial charge in [0.05, 0.1) is 18.2 Å². The van der Waals surface area contributed by atoms with Crippen LogP contribution in [0.4, 0.5) is 10.5 Å². The van der Waals surface area contributed by atoms with Crippen molar-refractivity contribution < 1.29 is 14.4 Å². The summed E-state index contributed by atoms with van der Waals surface area (Å²) in [7, 11) is 0. The molecule has 0 fully saturated rings. The molecule has 3 aromatic rings. The van der Waals surface area contributed by atoms with Crippen molar-refractivity contribution in [3.63, 3.8) is 0 Å². The molecule has 130 valence electrons. The minimum atomic E-state index is -0.862. The van der Waals surface area contributed by atoms with Crippen molar-refractivity contribution in [2.75, 3.05) is 11.9 Å². The van der Waals surface area contributed by atoms with Crippen LogP contribution in [0.25, 0.3) is 11.4 Å². The molecule has 8 heteroatoms. The first-order valence-corrected chi connectivity index (χ1v) is 7.77. The Bertz CT molecular complexity index is 933. The van der Waals surface area contributed by atoms with Crippen LogP contribution in [0, 0.1) is 11.3 Å². The zero-order valence-corrected chi connectivity index (χ0v) is 13.6. The Morgan fingerprint density at radius 1 is 1.23 bits per heavy atom. The lowest BCUT2D eigenvalue weighted by molar-refractivity contribution is 0.205. The van der Waals surface area contributed by atoms with E-state index in [2.05, 4.69) is 20.8 Å². The number of hydrogen-bond donors (Lipinski definition) is 3. The van der Waals surface area contributed by atoms with Crippen molar-refractivity contribution >= 4 is 11.7 Å². The van der Waals surface area contributed by atoms with E-state index in [1.54, 1.807) is 18.2 Å². The fourth-order valence-electron chi connectivity index (χ4n) is 2.26. The van der Waals surface area contributed by atoms with E-state index in [-0.39, 0.29) is 5.89 Å². The highest BCUT2D eigenvalue weighted by molar-refractivity contribution is 5.89. The Balaban J connectivity index is 1.68. The number of nitrogens with zero attached hydrogens (tertiary/aromatic N) is 3. The van der Waals surface area contributed by atoms with Gasteiger partial charge in [0.2, 0.25) is 5.82 Å². The Morgan fingerprint density at radius 2 is 2.04 bits per heavy atom. The fourth-order valence-corrected chi connectivity index (χ4v) is 2.26. The molecule has 0 aliphatic carbocycles. The van der Waals surface area contributed by atoms with Gasteiger partial charge in [-0.2, -0.15) is 10.2 Å². The second kappa shape index (κ2) is 7.92. The fraction of sp³-hybridized carbons (Fsp3) is 0.111. The standard InChI is InChI=1S/C18H15N5O3/c19-10-12-5-4-8-14(9-12)20-18(25)21-15(11-24)17-22-16(23-26-17)13-6-2-1-3-7-13/h1-9,15,24H,11H2,(H2,20,21,25). The molecule has 3 N–H and O–H groups in total. The number of rotatable bonds is 5. The molecule has 8 nitrogen and oxygen atoms in total. The minimum Gasteiger partial charge on any atom is -0.394 e. The minimum absolute atomic E-state index is 0.0901. The lowest BCUT2D eigenvalue weighted by Gasteiger charge is -2.13. The summed E-state index contributed by atoms with van der Waals surface area (Å²) in [6.07, 6.45) is 0. The molecule has 3 rings (SSSR count). The van der Waals surface area contributed by atoms with Crippen LogP contribution in [0.2, 0.25) is 0 Å². The SMILES string of the molecule is N#Cc1cccc(NC(=O)NC(CO)c2nc(-c3ccccc3)no2)c1. The number of aromatic nitrogens is 2. The molecule has 2 aromatic carbocycles. The second-order valence-corrected chi connectivity index (χ2v) is 5.35. The third kappa shape index (κ3) is 4.03. The van der Waals surface area contributed by atoms with Gasteiger partial charge >= 0.3 is 6.03 Å². The van der Waals surface area contributed by atoms with Gasteiger partial charge in [-0.15, -0.1) is 0 Å². The van der Waals surface area contributed by atoms with Crippen LogP contribution in [-0.4, -0.2) is 27.9 Å². The molecule has 26 heavy (non-hydrogen) atoms.